The molecule has 8 heteroatoms. The van der Waals surface area contributed by atoms with Gasteiger partial charge in [-0.15, -0.1) is 0 Å². The zero-order valence-electron chi connectivity index (χ0n) is 13.7. The number of imidazole rings is 1. The normalized spacial score (nSPS) is 12.1. The first-order valence-corrected chi connectivity index (χ1v) is 7.12. The molecule has 0 fully saturated rings. The van der Waals surface area contributed by atoms with Crippen LogP contribution in [0.4, 0.5) is 19.1 Å². The number of amides is 1. The summed E-state index contributed by atoms with van der Waals surface area (Å²) in [7, 11) is 3.16. The van der Waals surface area contributed by atoms with Gasteiger partial charge in [0.2, 0.25) is 11.9 Å². The summed E-state index contributed by atoms with van der Waals surface area (Å²) >= 11 is 0. The van der Waals surface area contributed by atoms with Crippen LogP contribution < -0.4 is 10.1 Å². The molecule has 24 heavy (non-hydrogen) atoms. The van der Waals surface area contributed by atoms with E-state index in [1.165, 1.54) is 10.8 Å². The molecule has 0 spiro atoms. The number of halogens is 3. The van der Waals surface area contributed by atoms with Gasteiger partial charge in [-0.1, -0.05) is 0 Å². The van der Waals surface area contributed by atoms with Crippen LogP contribution in [0, 0.1) is 5.41 Å². The number of ether oxygens (including phenoxy) is 1. The van der Waals surface area contributed by atoms with Crippen molar-refractivity contribution in [1.82, 2.24) is 9.55 Å². The molecule has 2 aromatic rings. The fourth-order valence-corrected chi connectivity index (χ4v) is 1.94. The van der Waals surface area contributed by atoms with Gasteiger partial charge in [-0.25, -0.2) is 4.98 Å². The van der Waals surface area contributed by atoms with Crippen molar-refractivity contribution in [3.05, 3.63) is 30.5 Å². The Kier molecular flexibility index (Phi) is 4.59. The molecule has 0 unspecified atom stereocenters. The summed E-state index contributed by atoms with van der Waals surface area (Å²) in [6, 6.07) is 7.10. The smallest absolute Gasteiger partial charge is 0.402 e. The van der Waals surface area contributed by atoms with Gasteiger partial charge in [0.05, 0.1) is 19.0 Å². The molecule has 0 atom stereocenters. The molecule has 0 radical (unpaired) electrons. The second-order valence-corrected chi connectivity index (χ2v) is 5.83. The Hall–Kier alpha value is -2.51. The number of hydrogen-bond donors (Lipinski definition) is 1. The SMILES string of the molecule is COc1ccc(-c2cnc(NC(=O)C(C)(C)C(F)(F)F)n2C)cc1. The number of nitrogens with one attached hydrogen (secondary N) is 1. The average Bonchev–Trinajstić information content (AvgIpc) is 2.87. The van der Waals surface area contributed by atoms with Crippen LogP contribution in [0.3, 0.4) is 0 Å². The molecule has 0 aliphatic heterocycles. The summed E-state index contributed by atoms with van der Waals surface area (Å²) in [5.74, 6) is -0.436. The van der Waals surface area contributed by atoms with Gasteiger partial charge in [0, 0.05) is 12.6 Å². The molecule has 0 saturated heterocycles. The molecule has 1 amide bonds. The van der Waals surface area contributed by atoms with Crippen LogP contribution >= 0.6 is 0 Å². The van der Waals surface area contributed by atoms with E-state index in [0.717, 1.165) is 19.4 Å². The van der Waals surface area contributed by atoms with E-state index >= 15 is 0 Å². The largest absolute Gasteiger partial charge is 0.497 e. The van der Waals surface area contributed by atoms with Crippen LogP contribution in [0.2, 0.25) is 0 Å². The standard InChI is InChI=1S/C16H18F3N3O2/c1-15(2,16(17,18)19)13(23)21-14-20-9-12(22(14)3)10-5-7-11(24-4)8-6-10/h5-9H,1-4H3,(H,20,21,23). The van der Waals surface area contributed by atoms with E-state index in [1.807, 2.05) is 0 Å². The number of benzene rings is 1. The highest BCUT2D eigenvalue weighted by Gasteiger charge is 2.53. The predicted octanol–water partition coefficient (Wildman–Crippen LogP) is 3.62. The zero-order valence-corrected chi connectivity index (χ0v) is 13.7. The third-order valence-corrected chi connectivity index (χ3v) is 3.88. The highest BCUT2D eigenvalue weighted by molar-refractivity contribution is 5.94. The van der Waals surface area contributed by atoms with Gasteiger partial charge in [0.25, 0.3) is 0 Å². The van der Waals surface area contributed by atoms with Gasteiger partial charge in [-0.05, 0) is 38.1 Å². The number of methoxy groups -OCH3 is 1. The Balaban J connectivity index is 2.25. The van der Waals surface area contributed by atoms with Gasteiger partial charge >= 0.3 is 6.18 Å². The lowest BCUT2D eigenvalue weighted by Crippen LogP contribution is -2.43. The molecule has 0 bridgehead atoms. The molecule has 1 aromatic heterocycles. The van der Waals surface area contributed by atoms with E-state index < -0.39 is 17.5 Å². The Morgan fingerprint density at radius 3 is 2.29 bits per heavy atom. The minimum atomic E-state index is -4.65. The zero-order chi connectivity index (χ0) is 18.1. The number of carbonyl (C=O) groups excluding carboxylic acids is 1. The summed E-state index contributed by atoms with van der Waals surface area (Å²) in [5.41, 5.74) is -1.07. The Bertz CT molecular complexity index is 734. The molecule has 1 heterocycles. The van der Waals surface area contributed by atoms with Gasteiger partial charge in [0.15, 0.2) is 0 Å². The van der Waals surface area contributed by atoms with Crippen LogP contribution in [0.5, 0.6) is 5.75 Å². The minimum absolute atomic E-state index is 0.0446. The van der Waals surface area contributed by atoms with Gasteiger partial charge in [0.1, 0.15) is 11.2 Å². The van der Waals surface area contributed by atoms with Gasteiger partial charge in [-0.2, -0.15) is 13.2 Å². The predicted molar refractivity (Wildman–Crippen MR) is 83.7 cm³/mol. The van der Waals surface area contributed by atoms with Crippen LogP contribution in [0.1, 0.15) is 13.8 Å². The Morgan fingerprint density at radius 1 is 1.21 bits per heavy atom. The molecule has 2 rings (SSSR count). The summed E-state index contributed by atoms with van der Waals surface area (Å²) in [6.07, 6.45) is -3.17. The van der Waals surface area contributed by atoms with E-state index in [0.29, 0.717) is 11.4 Å². The maximum Gasteiger partial charge on any atom is 0.402 e. The van der Waals surface area contributed by atoms with Crippen molar-refractivity contribution in [2.75, 3.05) is 12.4 Å². The number of alkyl halides is 3. The first kappa shape index (κ1) is 17.8. The van der Waals surface area contributed by atoms with Crippen molar-refractivity contribution in [1.29, 1.82) is 0 Å². The lowest BCUT2D eigenvalue weighted by Gasteiger charge is -2.26. The molecular weight excluding hydrogens is 323 g/mol. The minimum Gasteiger partial charge on any atom is -0.497 e. The van der Waals surface area contributed by atoms with Crippen molar-refractivity contribution in [3.63, 3.8) is 0 Å². The lowest BCUT2D eigenvalue weighted by atomic mass is 9.92. The van der Waals surface area contributed by atoms with E-state index in [4.69, 9.17) is 4.74 Å². The number of hydrogen-bond acceptors (Lipinski definition) is 3. The van der Waals surface area contributed by atoms with Crippen LogP contribution in [0.25, 0.3) is 11.3 Å². The number of anilines is 1. The van der Waals surface area contributed by atoms with E-state index in [2.05, 4.69) is 10.3 Å². The maximum absolute atomic E-state index is 12.9. The molecule has 130 valence electrons. The number of carbonyl (C=O) groups is 1. The number of aromatic nitrogens is 2. The summed E-state index contributed by atoms with van der Waals surface area (Å²) in [5, 5.41) is 2.24. The number of rotatable bonds is 4. The second-order valence-electron chi connectivity index (χ2n) is 5.83. The molecule has 1 aromatic carbocycles. The molecule has 5 nitrogen and oxygen atoms in total. The summed E-state index contributed by atoms with van der Waals surface area (Å²) < 4.78 is 45.4. The fraction of sp³-hybridized carbons (Fsp3) is 0.375. The molecular formula is C16H18F3N3O2. The third-order valence-electron chi connectivity index (χ3n) is 3.88. The van der Waals surface area contributed by atoms with E-state index in [1.54, 1.807) is 38.4 Å². The van der Waals surface area contributed by atoms with Crippen molar-refractivity contribution in [2.24, 2.45) is 12.5 Å². The first-order chi connectivity index (χ1) is 11.1. The van der Waals surface area contributed by atoms with Crippen LogP contribution in [-0.4, -0.2) is 28.7 Å². The van der Waals surface area contributed by atoms with E-state index in [9.17, 15) is 18.0 Å². The van der Waals surface area contributed by atoms with Crippen molar-refractivity contribution < 1.29 is 22.7 Å². The maximum atomic E-state index is 12.9. The quantitative estimate of drug-likeness (QED) is 0.924. The molecule has 1 N–H and O–H groups in total. The Labute approximate surface area is 137 Å². The monoisotopic (exact) mass is 341 g/mol. The van der Waals surface area contributed by atoms with Crippen molar-refractivity contribution in [3.8, 4) is 17.0 Å². The van der Waals surface area contributed by atoms with Crippen molar-refractivity contribution in [2.45, 2.75) is 20.0 Å². The molecule has 0 aliphatic rings. The summed E-state index contributed by atoms with van der Waals surface area (Å²) in [6.45, 7) is 1.66. The molecule has 0 saturated carbocycles. The second kappa shape index (κ2) is 6.18. The first-order valence-electron chi connectivity index (χ1n) is 7.12. The average molecular weight is 341 g/mol. The van der Waals surface area contributed by atoms with Crippen LogP contribution in [-0.2, 0) is 11.8 Å². The van der Waals surface area contributed by atoms with Crippen LogP contribution in [0.15, 0.2) is 30.5 Å². The van der Waals surface area contributed by atoms with Gasteiger partial charge in [-0.3, -0.25) is 10.1 Å². The number of nitrogens with zero attached hydrogens (tertiary/aromatic N) is 2. The topological polar surface area (TPSA) is 56.1 Å². The molecule has 0 aliphatic carbocycles. The lowest BCUT2D eigenvalue weighted by molar-refractivity contribution is -0.208. The van der Waals surface area contributed by atoms with Crippen molar-refractivity contribution >= 4 is 11.9 Å². The van der Waals surface area contributed by atoms with E-state index in [-0.39, 0.29) is 5.95 Å². The highest BCUT2D eigenvalue weighted by Crippen LogP contribution is 2.38. The van der Waals surface area contributed by atoms with Gasteiger partial charge < -0.3 is 9.30 Å². The third kappa shape index (κ3) is 3.22. The summed E-state index contributed by atoms with van der Waals surface area (Å²) in [4.78, 5) is 16.0. The fourth-order valence-electron chi connectivity index (χ4n) is 1.94. The Morgan fingerprint density at radius 2 is 1.79 bits per heavy atom. The highest BCUT2D eigenvalue weighted by atomic mass is 19.4.